The minimum Gasteiger partial charge on any atom is -0.505 e. The molecule has 3 rings (SSSR count). The largest absolute Gasteiger partial charge is 0.505 e. The zero-order chi connectivity index (χ0) is 11.8. The third-order valence-electron chi connectivity index (χ3n) is 2.50. The number of nitrogens with zero attached hydrogens (tertiary/aromatic N) is 2. The van der Waals surface area contributed by atoms with Crippen molar-refractivity contribution in [2.24, 2.45) is 0 Å². The van der Waals surface area contributed by atoms with Gasteiger partial charge in [0.15, 0.2) is 11.4 Å². The Bertz CT molecular complexity index is 729. The molecule has 0 bridgehead atoms. The van der Waals surface area contributed by atoms with Crippen LogP contribution in [0.25, 0.3) is 16.7 Å². The molecule has 0 spiro atoms. The molecule has 0 saturated heterocycles. The first kappa shape index (κ1) is 9.65. The van der Waals surface area contributed by atoms with E-state index in [2.05, 4.69) is 5.10 Å². The maximum Gasteiger partial charge on any atom is 0.366 e. The van der Waals surface area contributed by atoms with Crippen molar-refractivity contribution in [3.05, 3.63) is 53.1 Å². The highest BCUT2D eigenvalue weighted by Crippen LogP contribution is 2.27. The van der Waals surface area contributed by atoms with Gasteiger partial charge >= 0.3 is 5.63 Å². The van der Waals surface area contributed by atoms with Gasteiger partial charge in [0, 0.05) is 12.4 Å². The van der Waals surface area contributed by atoms with Gasteiger partial charge in [-0.25, -0.2) is 9.48 Å². The van der Waals surface area contributed by atoms with Crippen LogP contribution in [0.1, 0.15) is 0 Å². The normalized spacial score (nSPS) is 10.8. The first-order chi connectivity index (χ1) is 8.27. The molecule has 2 aromatic heterocycles. The first-order valence-electron chi connectivity index (χ1n) is 5.02. The molecule has 5 heteroatoms. The fraction of sp³-hybridized carbons (Fsp3) is 0. The van der Waals surface area contributed by atoms with Crippen LogP contribution in [0.2, 0.25) is 0 Å². The van der Waals surface area contributed by atoms with Gasteiger partial charge in [-0.15, -0.1) is 0 Å². The Hall–Kier alpha value is -2.56. The second kappa shape index (κ2) is 3.48. The summed E-state index contributed by atoms with van der Waals surface area (Å²) in [6.07, 6.45) is 3.09. The van der Waals surface area contributed by atoms with Gasteiger partial charge in [0.2, 0.25) is 0 Å². The van der Waals surface area contributed by atoms with Crippen LogP contribution in [-0.4, -0.2) is 14.9 Å². The third kappa shape index (κ3) is 1.40. The smallest absolute Gasteiger partial charge is 0.366 e. The zero-order valence-electron chi connectivity index (χ0n) is 8.70. The summed E-state index contributed by atoms with van der Waals surface area (Å²) in [7, 11) is 0. The van der Waals surface area contributed by atoms with Crippen LogP contribution < -0.4 is 5.63 Å². The molecule has 0 aliphatic carbocycles. The maximum absolute atomic E-state index is 11.8. The second-order valence-electron chi connectivity index (χ2n) is 3.53. The summed E-state index contributed by atoms with van der Waals surface area (Å²) in [4.78, 5) is 11.8. The number of benzene rings is 1. The number of hydrogen-bond donors (Lipinski definition) is 1. The molecule has 0 amide bonds. The van der Waals surface area contributed by atoms with Crippen LogP contribution in [0.3, 0.4) is 0 Å². The van der Waals surface area contributed by atoms with E-state index in [0.717, 1.165) is 0 Å². The predicted octanol–water partition coefficient (Wildman–Crippen LogP) is 1.68. The second-order valence-corrected chi connectivity index (χ2v) is 3.53. The molecule has 1 N–H and O–H groups in total. The van der Waals surface area contributed by atoms with Crippen molar-refractivity contribution in [2.75, 3.05) is 0 Å². The van der Waals surface area contributed by atoms with Crippen LogP contribution in [-0.2, 0) is 0 Å². The van der Waals surface area contributed by atoms with Crippen LogP contribution in [0.4, 0.5) is 0 Å². The van der Waals surface area contributed by atoms with E-state index in [9.17, 15) is 9.90 Å². The van der Waals surface area contributed by atoms with Gasteiger partial charge in [0.1, 0.15) is 5.58 Å². The van der Waals surface area contributed by atoms with Gasteiger partial charge in [-0.05, 0) is 18.2 Å². The zero-order valence-corrected chi connectivity index (χ0v) is 8.70. The summed E-state index contributed by atoms with van der Waals surface area (Å²) in [5.74, 6) is -0.124. The molecule has 0 radical (unpaired) electrons. The summed E-state index contributed by atoms with van der Waals surface area (Å²) in [5.41, 5.74) is -0.246. The quantitative estimate of drug-likeness (QED) is 0.643. The molecule has 0 fully saturated rings. The van der Waals surface area contributed by atoms with Crippen molar-refractivity contribution in [2.45, 2.75) is 0 Å². The van der Waals surface area contributed by atoms with Gasteiger partial charge in [-0.1, -0.05) is 12.1 Å². The van der Waals surface area contributed by atoms with Crippen LogP contribution in [0, 0.1) is 0 Å². The Labute approximate surface area is 95.5 Å². The lowest BCUT2D eigenvalue weighted by Gasteiger charge is -2.05. The van der Waals surface area contributed by atoms with Crippen molar-refractivity contribution >= 4 is 11.0 Å². The SMILES string of the molecule is O=c1oc2ccccc2c(O)c1-n1cccn1. The summed E-state index contributed by atoms with van der Waals surface area (Å²) < 4.78 is 6.41. The number of aromatic nitrogens is 2. The van der Waals surface area contributed by atoms with Crippen molar-refractivity contribution in [1.82, 2.24) is 9.78 Å². The maximum atomic E-state index is 11.8. The molecule has 0 unspecified atom stereocenters. The lowest BCUT2D eigenvalue weighted by atomic mass is 10.2. The van der Waals surface area contributed by atoms with Gasteiger partial charge in [-0.2, -0.15) is 5.10 Å². The average Bonchev–Trinajstić information content (AvgIpc) is 2.83. The molecule has 5 nitrogen and oxygen atoms in total. The topological polar surface area (TPSA) is 68.3 Å². The van der Waals surface area contributed by atoms with E-state index in [1.807, 2.05) is 0 Å². The number of rotatable bonds is 1. The van der Waals surface area contributed by atoms with Crippen LogP contribution in [0.15, 0.2) is 51.9 Å². The molecule has 0 atom stereocenters. The summed E-state index contributed by atoms with van der Waals surface area (Å²) in [6.45, 7) is 0. The fourth-order valence-corrected chi connectivity index (χ4v) is 1.73. The molecule has 2 heterocycles. The minimum absolute atomic E-state index is 0.0219. The van der Waals surface area contributed by atoms with Crippen LogP contribution >= 0.6 is 0 Å². The van der Waals surface area contributed by atoms with Crippen molar-refractivity contribution in [3.63, 3.8) is 0 Å². The molecule has 84 valence electrons. The Balaban J connectivity index is 2.44. The molecule has 1 aromatic carbocycles. The Morgan fingerprint density at radius 3 is 2.82 bits per heavy atom. The van der Waals surface area contributed by atoms with E-state index in [4.69, 9.17) is 4.42 Å². The van der Waals surface area contributed by atoms with Crippen LogP contribution in [0.5, 0.6) is 5.75 Å². The minimum atomic E-state index is -0.620. The van der Waals surface area contributed by atoms with E-state index in [-0.39, 0.29) is 11.4 Å². The van der Waals surface area contributed by atoms with Crippen molar-refractivity contribution < 1.29 is 9.52 Å². The molecule has 0 saturated carbocycles. The fourth-order valence-electron chi connectivity index (χ4n) is 1.73. The van der Waals surface area contributed by atoms with E-state index in [1.54, 1.807) is 36.5 Å². The Morgan fingerprint density at radius 2 is 2.06 bits per heavy atom. The average molecular weight is 228 g/mol. The highest BCUT2D eigenvalue weighted by atomic mass is 16.4. The molecule has 17 heavy (non-hydrogen) atoms. The standard InChI is InChI=1S/C12H8N2O3/c15-11-8-4-1-2-5-9(8)17-12(16)10(11)14-7-3-6-13-14/h1-7,15H. The Kier molecular flexibility index (Phi) is 1.98. The number of aromatic hydroxyl groups is 1. The molecule has 0 aliphatic rings. The monoisotopic (exact) mass is 228 g/mol. The summed E-state index contributed by atoms with van der Waals surface area (Å²) in [6, 6.07) is 8.46. The number of para-hydroxylation sites is 1. The first-order valence-corrected chi connectivity index (χ1v) is 5.02. The summed E-state index contributed by atoms with van der Waals surface area (Å²) >= 11 is 0. The van der Waals surface area contributed by atoms with Gasteiger partial charge in [-0.3, -0.25) is 0 Å². The van der Waals surface area contributed by atoms with E-state index >= 15 is 0 Å². The predicted molar refractivity (Wildman–Crippen MR) is 61.3 cm³/mol. The third-order valence-corrected chi connectivity index (χ3v) is 2.50. The molecule has 3 aromatic rings. The Morgan fingerprint density at radius 1 is 1.24 bits per heavy atom. The highest BCUT2D eigenvalue weighted by molar-refractivity contribution is 5.85. The van der Waals surface area contributed by atoms with Gasteiger partial charge in [0.25, 0.3) is 0 Å². The van der Waals surface area contributed by atoms with E-state index in [1.165, 1.54) is 10.9 Å². The lowest BCUT2D eigenvalue weighted by Crippen LogP contribution is -2.11. The lowest BCUT2D eigenvalue weighted by molar-refractivity contribution is 0.460. The van der Waals surface area contributed by atoms with E-state index in [0.29, 0.717) is 11.0 Å². The molecule has 0 aliphatic heterocycles. The van der Waals surface area contributed by atoms with Gasteiger partial charge < -0.3 is 9.52 Å². The summed E-state index contributed by atoms with van der Waals surface area (Å²) in [5, 5.41) is 14.5. The molecular formula is C12H8N2O3. The van der Waals surface area contributed by atoms with Gasteiger partial charge in [0.05, 0.1) is 5.39 Å². The number of hydrogen-bond acceptors (Lipinski definition) is 4. The van der Waals surface area contributed by atoms with E-state index < -0.39 is 5.63 Å². The molecular weight excluding hydrogens is 220 g/mol. The van der Waals surface area contributed by atoms with Crippen molar-refractivity contribution in [3.8, 4) is 11.4 Å². The number of fused-ring (bicyclic) bond motifs is 1. The van der Waals surface area contributed by atoms with Crippen molar-refractivity contribution in [1.29, 1.82) is 0 Å². The highest BCUT2D eigenvalue weighted by Gasteiger charge is 2.15.